The van der Waals surface area contributed by atoms with Crippen LogP contribution < -0.4 is 4.72 Å². The van der Waals surface area contributed by atoms with Gasteiger partial charge in [0.05, 0.1) is 15.6 Å². The number of sulfonamides is 1. The Hall–Kier alpha value is -0.820. The Kier molecular flexibility index (Phi) is 3.79. The molecule has 19 heavy (non-hydrogen) atoms. The molecule has 1 aliphatic rings. The van der Waals surface area contributed by atoms with E-state index in [9.17, 15) is 13.2 Å². The molecule has 0 aromatic heterocycles. The van der Waals surface area contributed by atoms with Gasteiger partial charge in [-0.15, -0.1) is 0 Å². The second-order valence-corrected chi connectivity index (χ2v) is 6.95. The second kappa shape index (κ2) is 4.94. The maximum atomic E-state index is 12.1. The van der Waals surface area contributed by atoms with Crippen LogP contribution in [0.3, 0.4) is 0 Å². The number of carboxylic acid groups (broad SMARTS) is 1. The van der Waals surface area contributed by atoms with Crippen LogP contribution >= 0.6 is 23.2 Å². The predicted molar refractivity (Wildman–Crippen MR) is 71.3 cm³/mol. The molecule has 8 heteroatoms. The van der Waals surface area contributed by atoms with E-state index in [4.69, 9.17) is 28.3 Å². The van der Waals surface area contributed by atoms with Crippen LogP contribution in [0.15, 0.2) is 17.0 Å². The molecule has 1 saturated carbocycles. The first-order valence-electron chi connectivity index (χ1n) is 5.47. The van der Waals surface area contributed by atoms with Crippen molar-refractivity contribution in [3.63, 3.8) is 0 Å². The smallest absolute Gasteiger partial charge is 0.338 e. The van der Waals surface area contributed by atoms with Crippen molar-refractivity contribution in [2.45, 2.75) is 24.3 Å². The van der Waals surface area contributed by atoms with Crippen LogP contribution in [-0.4, -0.2) is 25.5 Å². The Morgan fingerprint density at radius 2 is 2.00 bits per heavy atom. The van der Waals surface area contributed by atoms with Gasteiger partial charge in [0.2, 0.25) is 10.0 Å². The van der Waals surface area contributed by atoms with Crippen LogP contribution in [0.2, 0.25) is 10.0 Å². The molecule has 0 bridgehead atoms. The fraction of sp³-hybridized carbons (Fsp3) is 0.364. The summed E-state index contributed by atoms with van der Waals surface area (Å²) in [5.41, 5.74) is -0.407. The number of hydrogen-bond acceptors (Lipinski definition) is 3. The number of nitrogens with one attached hydrogen (secondary N) is 1. The van der Waals surface area contributed by atoms with Crippen molar-refractivity contribution in [1.29, 1.82) is 0 Å². The highest BCUT2D eigenvalue weighted by atomic mass is 35.5. The van der Waals surface area contributed by atoms with Gasteiger partial charge in [0.1, 0.15) is 4.90 Å². The maximum Gasteiger partial charge on any atom is 0.338 e. The summed E-state index contributed by atoms with van der Waals surface area (Å²) in [6.07, 6.45) is 0.760. The van der Waals surface area contributed by atoms with Crippen LogP contribution in [0.4, 0.5) is 0 Å². The largest absolute Gasteiger partial charge is 0.478 e. The topological polar surface area (TPSA) is 83.5 Å². The molecule has 1 aromatic rings. The van der Waals surface area contributed by atoms with Crippen molar-refractivity contribution in [2.24, 2.45) is 5.92 Å². The van der Waals surface area contributed by atoms with Crippen molar-refractivity contribution in [1.82, 2.24) is 4.72 Å². The van der Waals surface area contributed by atoms with E-state index in [1.165, 1.54) is 12.1 Å². The summed E-state index contributed by atoms with van der Waals surface area (Å²) in [4.78, 5) is 10.8. The molecular formula is C11H11Cl2NO4S. The molecule has 5 nitrogen and oxygen atoms in total. The number of carbonyl (C=O) groups is 1. The Morgan fingerprint density at radius 1 is 1.42 bits per heavy atom. The molecule has 0 aliphatic heterocycles. The summed E-state index contributed by atoms with van der Waals surface area (Å²) in [5.74, 6) is -1.09. The van der Waals surface area contributed by atoms with Gasteiger partial charge in [-0.25, -0.2) is 17.9 Å². The van der Waals surface area contributed by atoms with E-state index in [2.05, 4.69) is 4.72 Å². The molecule has 1 fully saturated rings. The Labute approximate surface area is 120 Å². The van der Waals surface area contributed by atoms with Crippen molar-refractivity contribution < 1.29 is 18.3 Å². The summed E-state index contributed by atoms with van der Waals surface area (Å²) in [5, 5.41) is 8.51. The fourth-order valence-electron chi connectivity index (χ4n) is 1.69. The first kappa shape index (κ1) is 14.6. The third kappa shape index (κ3) is 2.86. The zero-order valence-corrected chi connectivity index (χ0v) is 12.2. The molecule has 2 N–H and O–H groups in total. The Bertz CT molecular complexity index is 644. The van der Waals surface area contributed by atoms with E-state index < -0.39 is 21.6 Å². The van der Waals surface area contributed by atoms with Gasteiger partial charge in [-0.2, -0.15) is 0 Å². The van der Waals surface area contributed by atoms with Crippen molar-refractivity contribution >= 4 is 39.2 Å². The number of hydrogen-bond donors (Lipinski definition) is 2. The lowest BCUT2D eigenvalue weighted by molar-refractivity contribution is 0.0697. The van der Waals surface area contributed by atoms with Gasteiger partial charge in [-0.3, -0.25) is 0 Å². The van der Waals surface area contributed by atoms with Crippen LogP contribution in [-0.2, 0) is 10.0 Å². The van der Waals surface area contributed by atoms with E-state index in [1.807, 2.05) is 6.92 Å². The van der Waals surface area contributed by atoms with E-state index in [0.29, 0.717) is 0 Å². The quantitative estimate of drug-likeness (QED) is 0.891. The lowest BCUT2D eigenvalue weighted by Crippen LogP contribution is -2.27. The average Bonchev–Trinajstić information content (AvgIpc) is 2.91. The normalized spacial score (nSPS) is 22.3. The number of aromatic carboxylic acids is 1. The zero-order chi connectivity index (χ0) is 14.4. The first-order chi connectivity index (χ1) is 8.74. The molecule has 2 atom stereocenters. The number of halogens is 2. The first-order valence-corrected chi connectivity index (χ1v) is 7.71. The van der Waals surface area contributed by atoms with Gasteiger partial charge >= 0.3 is 5.97 Å². The summed E-state index contributed by atoms with van der Waals surface area (Å²) in [6.45, 7) is 1.92. The molecular weight excluding hydrogens is 313 g/mol. The fourth-order valence-corrected chi connectivity index (χ4v) is 3.96. The number of rotatable bonds is 4. The Balaban J connectivity index is 2.45. The minimum atomic E-state index is -3.84. The van der Waals surface area contributed by atoms with Crippen molar-refractivity contribution in [3.05, 3.63) is 27.7 Å². The summed E-state index contributed by atoms with van der Waals surface area (Å²) < 4.78 is 26.7. The summed E-state index contributed by atoms with van der Waals surface area (Å²) in [7, 11) is -3.84. The molecule has 2 rings (SSSR count). The van der Waals surface area contributed by atoms with E-state index in [-0.39, 0.29) is 26.9 Å². The highest BCUT2D eigenvalue weighted by molar-refractivity contribution is 7.89. The highest BCUT2D eigenvalue weighted by Gasteiger charge is 2.37. The van der Waals surface area contributed by atoms with Gasteiger partial charge in [0.25, 0.3) is 0 Å². The van der Waals surface area contributed by atoms with Gasteiger partial charge in [0, 0.05) is 6.04 Å². The average molecular weight is 324 g/mol. The molecule has 0 saturated heterocycles. The Morgan fingerprint density at radius 3 is 2.47 bits per heavy atom. The van der Waals surface area contributed by atoms with Crippen LogP contribution in [0.25, 0.3) is 0 Å². The molecule has 0 heterocycles. The lowest BCUT2D eigenvalue weighted by Gasteiger charge is -2.10. The zero-order valence-electron chi connectivity index (χ0n) is 9.85. The van der Waals surface area contributed by atoms with Crippen molar-refractivity contribution in [3.8, 4) is 0 Å². The molecule has 0 spiro atoms. The predicted octanol–water partition coefficient (Wildman–Crippen LogP) is 2.38. The van der Waals surface area contributed by atoms with Crippen LogP contribution in [0.5, 0.6) is 0 Å². The van der Waals surface area contributed by atoms with E-state index in [1.54, 1.807) is 0 Å². The molecule has 1 aliphatic carbocycles. The molecule has 1 aromatic carbocycles. The van der Waals surface area contributed by atoms with Gasteiger partial charge in [0.15, 0.2) is 0 Å². The third-order valence-corrected chi connectivity index (χ3v) is 5.33. The minimum absolute atomic E-state index is 0.101. The van der Waals surface area contributed by atoms with E-state index in [0.717, 1.165) is 6.42 Å². The minimum Gasteiger partial charge on any atom is -0.478 e. The standard InChI is InChI=1S/C11H11Cl2NO4S/c1-5-4-7(5)14-19(17,18)8-3-2-6(12)9(10(8)13)11(15)16/h2-3,5,7,14H,4H2,1H3,(H,15,16). The molecule has 2 unspecified atom stereocenters. The van der Waals surface area contributed by atoms with Crippen molar-refractivity contribution in [2.75, 3.05) is 0 Å². The highest BCUT2D eigenvalue weighted by Crippen LogP contribution is 2.34. The molecule has 0 radical (unpaired) electrons. The number of benzene rings is 1. The van der Waals surface area contributed by atoms with Crippen LogP contribution in [0, 0.1) is 5.92 Å². The lowest BCUT2D eigenvalue weighted by atomic mass is 10.2. The molecule has 104 valence electrons. The SMILES string of the molecule is CC1CC1NS(=O)(=O)c1ccc(Cl)c(C(=O)O)c1Cl. The number of carboxylic acids is 1. The van der Waals surface area contributed by atoms with Gasteiger partial charge in [-0.05, 0) is 24.5 Å². The summed E-state index contributed by atoms with van der Waals surface area (Å²) in [6, 6.07) is 2.29. The third-order valence-electron chi connectivity index (χ3n) is 2.98. The van der Waals surface area contributed by atoms with Gasteiger partial charge < -0.3 is 5.11 Å². The monoisotopic (exact) mass is 323 g/mol. The second-order valence-electron chi connectivity index (χ2n) is 4.48. The van der Waals surface area contributed by atoms with Gasteiger partial charge in [-0.1, -0.05) is 30.1 Å². The summed E-state index contributed by atoms with van der Waals surface area (Å²) >= 11 is 11.6. The van der Waals surface area contributed by atoms with E-state index >= 15 is 0 Å². The van der Waals surface area contributed by atoms with Crippen LogP contribution in [0.1, 0.15) is 23.7 Å². The maximum absolute atomic E-state index is 12.1. The molecule has 0 amide bonds.